The lowest BCUT2D eigenvalue weighted by Crippen LogP contribution is -2.04. The molecule has 0 saturated heterocycles. The van der Waals surface area contributed by atoms with Crippen LogP contribution in [-0.2, 0) is 0 Å². The maximum absolute atomic E-state index is 6.08. The predicted molar refractivity (Wildman–Crippen MR) is 114 cm³/mol. The fourth-order valence-corrected chi connectivity index (χ4v) is 4.14. The summed E-state index contributed by atoms with van der Waals surface area (Å²) in [4.78, 5) is 4.61. The molecular formula is C25H35NO. The van der Waals surface area contributed by atoms with E-state index >= 15 is 0 Å². The van der Waals surface area contributed by atoms with E-state index in [1.807, 2.05) is 12.3 Å². The van der Waals surface area contributed by atoms with Gasteiger partial charge in [0.15, 0.2) is 0 Å². The summed E-state index contributed by atoms with van der Waals surface area (Å²) >= 11 is 0. The molecule has 0 atom stereocenters. The molecule has 1 heterocycles. The van der Waals surface area contributed by atoms with Crippen molar-refractivity contribution in [1.29, 1.82) is 0 Å². The number of ether oxygens (including phenoxy) is 1. The van der Waals surface area contributed by atoms with E-state index in [9.17, 15) is 0 Å². The fourth-order valence-electron chi connectivity index (χ4n) is 4.14. The molecule has 1 saturated carbocycles. The van der Waals surface area contributed by atoms with E-state index in [-0.39, 0.29) is 0 Å². The molecule has 2 heteroatoms. The lowest BCUT2D eigenvalue weighted by Gasteiger charge is -2.22. The highest BCUT2D eigenvalue weighted by Crippen LogP contribution is 2.34. The number of hydrogen-bond acceptors (Lipinski definition) is 2. The maximum atomic E-state index is 6.08. The van der Waals surface area contributed by atoms with Crippen LogP contribution in [0.15, 0.2) is 42.6 Å². The topological polar surface area (TPSA) is 22.1 Å². The summed E-state index contributed by atoms with van der Waals surface area (Å²) in [6.45, 7) is 3.04. The van der Waals surface area contributed by atoms with Gasteiger partial charge in [0.2, 0.25) is 0 Å². The van der Waals surface area contributed by atoms with E-state index in [1.54, 1.807) is 0 Å². The first-order valence-electron chi connectivity index (χ1n) is 11.1. The first-order valence-corrected chi connectivity index (χ1v) is 11.1. The van der Waals surface area contributed by atoms with E-state index in [1.165, 1.54) is 69.8 Å². The second-order valence-corrected chi connectivity index (χ2v) is 7.92. The zero-order valence-electron chi connectivity index (χ0n) is 17.0. The highest BCUT2D eigenvalue weighted by Gasteiger charge is 2.16. The summed E-state index contributed by atoms with van der Waals surface area (Å²) in [6.07, 6.45) is 16.4. The lowest BCUT2D eigenvalue weighted by atomic mass is 9.84. The van der Waals surface area contributed by atoms with Gasteiger partial charge in [0.25, 0.3) is 0 Å². The van der Waals surface area contributed by atoms with Crippen molar-refractivity contribution in [3.8, 4) is 17.0 Å². The van der Waals surface area contributed by atoms with Crippen LogP contribution in [0.2, 0.25) is 0 Å². The van der Waals surface area contributed by atoms with Gasteiger partial charge in [0.1, 0.15) is 11.4 Å². The lowest BCUT2D eigenvalue weighted by molar-refractivity contribution is 0.304. The summed E-state index contributed by atoms with van der Waals surface area (Å²) in [5.41, 5.74) is 3.62. The number of nitrogens with zero attached hydrogens (tertiary/aromatic N) is 1. The largest absolute Gasteiger partial charge is 0.491 e. The molecule has 0 N–H and O–H groups in total. The molecule has 0 aliphatic heterocycles. The molecule has 0 unspecified atom stereocenters. The molecule has 0 amide bonds. The first kappa shape index (κ1) is 19.9. The molecule has 0 spiro atoms. The standard InChI is InChI=1S/C25H35NO/c1-2-3-4-5-6-10-20-27-24-14-11-19-26-25(24)23-17-15-22(16-18-23)21-12-8-7-9-13-21/h11,14-19,21H,2-10,12-13,20H2,1H3. The van der Waals surface area contributed by atoms with Crippen molar-refractivity contribution in [3.05, 3.63) is 48.2 Å². The van der Waals surface area contributed by atoms with Gasteiger partial charge < -0.3 is 4.74 Å². The van der Waals surface area contributed by atoms with Crippen LogP contribution in [-0.4, -0.2) is 11.6 Å². The van der Waals surface area contributed by atoms with Crippen molar-refractivity contribution in [2.24, 2.45) is 0 Å². The molecule has 3 rings (SSSR count). The van der Waals surface area contributed by atoms with E-state index in [2.05, 4.69) is 42.2 Å². The average molecular weight is 366 g/mol. The molecule has 1 aromatic heterocycles. The quantitative estimate of drug-likeness (QED) is 0.406. The minimum Gasteiger partial charge on any atom is -0.491 e. The maximum Gasteiger partial charge on any atom is 0.145 e. The molecule has 0 bridgehead atoms. The van der Waals surface area contributed by atoms with E-state index in [0.717, 1.165) is 36.0 Å². The average Bonchev–Trinajstić information content (AvgIpc) is 2.74. The van der Waals surface area contributed by atoms with Gasteiger partial charge in [0, 0.05) is 11.8 Å². The molecule has 2 nitrogen and oxygen atoms in total. The Balaban J connectivity index is 1.56. The van der Waals surface area contributed by atoms with Crippen LogP contribution in [0.5, 0.6) is 5.75 Å². The van der Waals surface area contributed by atoms with Crippen molar-refractivity contribution in [3.63, 3.8) is 0 Å². The van der Waals surface area contributed by atoms with Gasteiger partial charge in [-0.05, 0) is 42.9 Å². The molecule has 1 aromatic carbocycles. The van der Waals surface area contributed by atoms with E-state index in [0.29, 0.717) is 0 Å². The summed E-state index contributed by atoms with van der Waals surface area (Å²) in [6, 6.07) is 13.1. The molecule has 27 heavy (non-hydrogen) atoms. The summed E-state index contributed by atoms with van der Waals surface area (Å²) in [7, 11) is 0. The number of unbranched alkanes of at least 4 members (excludes halogenated alkanes) is 5. The number of rotatable bonds is 10. The Kier molecular flexibility index (Phi) is 8.20. The Morgan fingerprint density at radius 2 is 1.63 bits per heavy atom. The Morgan fingerprint density at radius 1 is 0.889 bits per heavy atom. The van der Waals surface area contributed by atoms with Crippen molar-refractivity contribution >= 4 is 0 Å². The van der Waals surface area contributed by atoms with Crippen molar-refractivity contribution in [1.82, 2.24) is 4.98 Å². The van der Waals surface area contributed by atoms with Gasteiger partial charge in [0.05, 0.1) is 6.61 Å². The molecule has 0 radical (unpaired) electrons. The van der Waals surface area contributed by atoms with E-state index in [4.69, 9.17) is 4.74 Å². The Bertz CT molecular complexity index is 658. The molecule has 146 valence electrons. The minimum atomic E-state index is 0.750. The summed E-state index contributed by atoms with van der Waals surface area (Å²) in [5.74, 6) is 1.66. The molecule has 1 fully saturated rings. The zero-order chi connectivity index (χ0) is 18.7. The van der Waals surface area contributed by atoms with Crippen molar-refractivity contribution in [2.75, 3.05) is 6.61 Å². The zero-order valence-corrected chi connectivity index (χ0v) is 17.0. The number of hydrogen-bond donors (Lipinski definition) is 0. The van der Waals surface area contributed by atoms with Crippen LogP contribution in [0.1, 0.15) is 89.0 Å². The molecule has 1 aliphatic rings. The van der Waals surface area contributed by atoms with Crippen molar-refractivity contribution in [2.45, 2.75) is 83.5 Å². The van der Waals surface area contributed by atoms with Crippen molar-refractivity contribution < 1.29 is 4.74 Å². The summed E-state index contributed by atoms with van der Waals surface area (Å²) in [5, 5.41) is 0. The first-order chi connectivity index (χ1) is 13.4. The van der Waals surface area contributed by atoms with Gasteiger partial charge in [-0.25, -0.2) is 0 Å². The summed E-state index contributed by atoms with van der Waals surface area (Å²) < 4.78 is 6.08. The van der Waals surface area contributed by atoms with Gasteiger partial charge >= 0.3 is 0 Å². The van der Waals surface area contributed by atoms with Gasteiger partial charge in [-0.1, -0.05) is 82.6 Å². The van der Waals surface area contributed by atoms with Crippen LogP contribution < -0.4 is 4.74 Å². The third-order valence-corrected chi connectivity index (χ3v) is 5.79. The molecule has 1 aliphatic carbocycles. The van der Waals surface area contributed by atoms with Gasteiger partial charge in [-0.15, -0.1) is 0 Å². The highest BCUT2D eigenvalue weighted by molar-refractivity contribution is 5.66. The Labute approximate surface area is 165 Å². The number of pyridine rings is 1. The highest BCUT2D eigenvalue weighted by atomic mass is 16.5. The third-order valence-electron chi connectivity index (χ3n) is 5.79. The Morgan fingerprint density at radius 3 is 2.41 bits per heavy atom. The van der Waals surface area contributed by atoms with Crippen LogP contribution >= 0.6 is 0 Å². The smallest absolute Gasteiger partial charge is 0.145 e. The predicted octanol–water partition coefficient (Wildman–Crippen LogP) is 7.54. The Hall–Kier alpha value is -1.83. The second-order valence-electron chi connectivity index (χ2n) is 7.92. The number of aromatic nitrogens is 1. The van der Waals surface area contributed by atoms with Gasteiger partial charge in [-0.3, -0.25) is 4.98 Å². The monoisotopic (exact) mass is 365 g/mol. The molecular weight excluding hydrogens is 330 g/mol. The normalized spacial score (nSPS) is 15.0. The van der Waals surface area contributed by atoms with Crippen LogP contribution in [0.4, 0.5) is 0 Å². The SMILES string of the molecule is CCCCCCCCOc1cccnc1-c1ccc(C2CCCCC2)cc1. The molecule has 2 aromatic rings. The second kappa shape index (κ2) is 11.1. The van der Waals surface area contributed by atoms with Crippen LogP contribution in [0, 0.1) is 0 Å². The van der Waals surface area contributed by atoms with Crippen LogP contribution in [0.3, 0.4) is 0 Å². The number of benzene rings is 1. The van der Waals surface area contributed by atoms with E-state index < -0.39 is 0 Å². The third kappa shape index (κ3) is 6.09. The minimum absolute atomic E-state index is 0.750. The van der Waals surface area contributed by atoms with Gasteiger partial charge in [-0.2, -0.15) is 0 Å². The van der Waals surface area contributed by atoms with Crippen LogP contribution in [0.25, 0.3) is 11.3 Å². The fraction of sp³-hybridized carbons (Fsp3) is 0.560.